The van der Waals surface area contributed by atoms with Crippen LogP contribution in [0.5, 0.6) is 0 Å². The normalized spacial score (nSPS) is 29.4. The Balaban J connectivity index is 2.06. The van der Waals surface area contributed by atoms with Gasteiger partial charge in [-0.15, -0.1) is 0 Å². The summed E-state index contributed by atoms with van der Waals surface area (Å²) in [5.74, 6) is -1.23. The Morgan fingerprint density at radius 2 is 1.83 bits per heavy atom. The first-order valence-corrected chi connectivity index (χ1v) is 8.11. The van der Waals surface area contributed by atoms with Gasteiger partial charge >= 0.3 is 5.97 Å². The molecule has 0 aromatic rings. The van der Waals surface area contributed by atoms with Crippen molar-refractivity contribution in [1.82, 2.24) is 4.31 Å². The molecule has 2 rings (SSSR count). The van der Waals surface area contributed by atoms with Crippen molar-refractivity contribution >= 4 is 16.0 Å². The quantitative estimate of drug-likeness (QED) is 0.820. The molecule has 2 unspecified atom stereocenters. The third kappa shape index (κ3) is 2.54. The van der Waals surface area contributed by atoms with Gasteiger partial charge in [-0.05, 0) is 31.6 Å². The number of hydrogen-bond acceptors (Lipinski definition) is 3. The molecule has 0 aliphatic heterocycles. The molecular formula is C12H21NO4S. The van der Waals surface area contributed by atoms with Gasteiger partial charge < -0.3 is 5.11 Å². The molecule has 5 nitrogen and oxygen atoms in total. The zero-order valence-corrected chi connectivity index (χ0v) is 11.5. The number of carboxylic acids is 1. The van der Waals surface area contributed by atoms with Gasteiger partial charge in [0.2, 0.25) is 10.0 Å². The minimum atomic E-state index is -3.45. The number of aliphatic carboxylic acids is 1. The molecule has 0 spiro atoms. The molecule has 0 bridgehead atoms. The molecule has 0 amide bonds. The predicted molar refractivity (Wildman–Crippen MR) is 67.7 cm³/mol. The highest BCUT2D eigenvalue weighted by Gasteiger charge is 2.43. The van der Waals surface area contributed by atoms with Crippen molar-refractivity contribution in [3.63, 3.8) is 0 Å². The van der Waals surface area contributed by atoms with Crippen LogP contribution < -0.4 is 0 Å². The van der Waals surface area contributed by atoms with Crippen molar-refractivity contribution in [3.8, 4) is 0 Å². The fourth-order valence-electron chi connectivity index (χ4n) is 2.94. The van der Waals surface area contributed by atoms with E-state index in [1.165, 1.54) is 10.7 Å². The van der Waals surface area contributed by atoms with E-state index in [0.29, 0.717) is 31.7 Å². The van der Waals surface area contributed by atoms with Crippen molar-refractivity contribution in [2.45, 2.75) is 43.8 Å². The molecule has 6 heteroatoms. The monoisotopic (exact) mass is 275 g/mol. The second kappa shape index (κ2) is 5.17. The fraction of sp³-hybridized carbons (Fsp3) is 0.917. The molecule has 0 saturated heterocycles. The molecule has 2 saturated carbocycles. The molecule has 0 aromatic carbocycles. The minimum Gasteiger partial charge on any atom is -0.481 e. The van der Waals surface area contributed by atoms with Crippen molar-refractivity contribution in [2.24, 2.45) is 11.8 Å². The third-order valence-corrected chi connectivity index (χ3v) is 6.67. The van der Waals surface area contributed by atoms with E-state index in [4.69, 9.17) is 5.11 Å². The lowest BCUT2D eigenvalue weighted by molar-refractivity contribution is -0.141. The molecular weight excluding hydrogens is 254 g/mol. The molecule has 18 heavy (non-hydrogen) atoms. The summed E-state index contributed by atoms with van der Waals surface area (Å²) in [4.78, 5) is 11.1. The number of nitrogens with zero attached hydrogens (tertiary/aromatic N) is 1. The van der Waals surface area contributed by atoms with Gasteiger partial charge in [0, 0.05) is 13.6 Å². The largest absolute Gasteiger partial charge is 0.481 e. The van der Waals surface area contributed by atoms with Crippen LogP contribution in [0.3, 0.4) is 0 Å². The topological polar surface area (TPSA) is 74.7 Å². The Hall–Kier alpha value is -0.620. The van der Waals surface area contributed by atoms with Crippen LogP contribution in [0.4, 0.5) is 0 Å². The van der Waals surface area contributed by atoms with Gasteiger partial charge in [-0.1, -0.05) is 12.8 Å². The zero-order chi connectivity index (χ0) is 13.3. The second-order valence-corrected chi connectivity index (χ2v) is 7.80. The van der Waals surface area contributed by atoms with Gasteiger partial charge in [0.25, 0.3) is 0 Å². The maximum Gasteiger partial charge on any atom is 0.307 e. The average Bonchev–Trinajstić information content (AvgIpc) is 2.72. The van der Waals surface area contributed by atoms with Gasteiger partial charge in [-0.3, -0.25) is 4.79 Å². The smallest absolute Gasteiger partial charge is 0.307 e. The summed E-state index contributed by atoms with van der Waals surface area (Å²) in [5.41, 5.74) is 0. The van der Waals surface area contributed by atoms with Crippen LogP contribution in [0.2, 0.25) is 0 Å². The van der Waals surface area contributed by atoms with E-state index < -0.39 is 27.2 Å². The first kappa shape index (κ1) is 13.8. The zero-order valence-electron chi connectivity index (χ0n) is 10.7. The first-order valence-electron chi connectivity index (χ1n) is 6.61. The Labute approximate surface area is 108 Å². The minimum absolute atomic E-state index is 0.467. The van der Waals surface area contributed by atoms with E-state index in [-0.39, 0.29) is 0 Å². The Kier molecular flexibility index (Phi) is 3.96. The molecule has 0 heterocycles. The summed E-state index contributed by atoms with van der Waals surface area (Å²) in [7, 11) is -1.86. The summed E-state index contributed by atoms with van der Waals surface area (Å²) in [6.07, 6.45) is 5.02. The van der Waals surface area contributed by atoms with E-state index in [1.54, 1.807) is 7.05 Å². The highest BCUT2D eigenvalue weighted by molar-refractivity contribution is 7.89. The van der Waals surface area contributed by atoms with Crippen LogP contribution >= 0.6 is 0 Å². The van der Waals surface area contributed by atoms with Crippen molar-refractivity contribution in [1.29, 1.82) is 0 Å². The van der Waals surface area contributed by atoms with Gasteiger partial charge in [-0.2, -0.15) is 0 Å². The van der Waals surface area contributed by atoms with Crippen LogP contribution in [0.15, 0.2) is 0 Å². The first-order chi connectivity index (χ1) is 8.43. The van der Waals surface area contributed by atoms with Crippen LogP contribution in [-0.2, 0) is 14.8 Å². The highest BCUT2D eigenvalue weighted by Crippen LogP contribution is 2.34. The molecule has 0 aromatic heterocycles. The van der Waals surface area contributed by atoms with Crippen LogP contribution in [0.25, 0.3) is 0 Å². The molecule has 2 aliphatic rings. The number of rotatable bonds is 5. The summed E-state index contributed by atoms with van der Waals surface area (Å²) in [6.45, 7) is 0.547. The van der Waals surface area contributed by atoms with Gasteiger partial charge in [0.15, 0.2) is 0 Å². The van der Waals surface area contributed by atoms with E-state index in [0.717, 1.165) is 12.8 Å². The molecule has 1 N–H and O–H groups in total. The van der Waals surface area contributed by atoms with Crippen LogP contribution in [0, 0.1) is 11.8 Å². The number of hydrogen-bond donors (Lipinski definition) is 1. The Morgan fingerprint density at radius 3 is 2.33 bits per heavy atom. The maximum atomic E-state index is 12.4. The summed E-state index contributed by atoms with van der Waals surface area (Å²) >= 11 is 0. The Bertz CT molecular complexity index is 416. The van der Waals surface area contributed by atoms with Gasteiger partial charge in [0.05, 0.1) is 11.2 Å². The molecule has 104 valence electrons. The number of carbonyl (C=O) groups is 1. The van der Waals surface area contributed by atoms with E-state index in [2.05, 4.69) is 0 Å². The van der Waals surface area contributed by atoms with Crippen molar-refractivity contribution in [2.75, 3.05) is 13.6 Å². The number of sulfonamides is 1. The Morgan fingerprint density at radius 1 is 1.22 bits per heavy atom. The molecule has 2 aliphatic carbocycles. The summed E-state index contributed by atoms with van der Waals surface area (Å²) < 4.78 is 26.2. The molecule has 2 atom stereocenters. The van der Waals surface area contributed by atoms with Gasteiger partial charge in [-0.25, -0.2) is 12.7 Å². The summed E-state index contributed by atoms with van der Waals surface area (Å²) in [5, 5.41) is 8.36. The lowest BCUT2D eigenvalue weighted by atomic mass is 9.86. The van der Waals surface area contributed by atoms with Crippen LogP contribution in [-0.4, -0.2) is 42.6 Å². The average molecular weight is 275 g/mol. The van der Waals surface area contributed by atoms with E-state index >= 15 is 0 Å². The standard InChI is InChI=1S/C12H21NO4S/c1-13(8-9-4-2-5-9)18(16,17)11-7-3-6-10(11)12(14)15/h9-11H,2-8H2,1H3,(H,14,15). The second-order valence-electron chi connectivity index (χ2n) is 5.54. The lowest BCUT2D eigenvalue weighted by Crippen LogP contribution is -2.43. The third-order valence-electron chi connectivity index (χ3n) is 4.33. The lowest BCUT2D eigenvalue weighted by Gasteiger charge is -2.31. The van der Waals surface area contributed by atoms with Crippen LogP contribution in [0.1, 0.15) is 38.5 Å². The predicted octanol–water partition coefficient (Wildman–Crippen LogP) is 1.30. The molecule has 2 fully saturated rings. The molecule has 0 radical (unpaired) electrons. The van der Waals surface area contributed by atoms with E-state index in [9.17, 15) is 13.2 Å². The fourth-order valence-corrected chi connectivity index (χ4v) is 4.95. The van der Waals surface area contributed by atoms with Crippen molar-refractivity contribution < 1.29 is 18.3 Å². The summed E-state index contributed by atoms with van der Waals surface area (Å²) in [6, 6.07) is 0. The van der Waals surface area contributed by atoms with E-state index in [1.807, 2.05) is 0 Å². The number of carboxylic acid groups (broad SMARTS) is 1. The van der Waals surface area contributed by atoms with Gasteiger partial charge in [0.1, 0.15) is 0 Å². The maximum absolute atomic E-state index is 12.4. The SMILES string of the molecule is CN(CC1CCC1)S(=O)(=O)C1CCCC1C(=O)O. The highest BCUT2D eigenvalue weighted by atomic mass is 32.2. The van der Waals surface area contributed by atoms with Crippen molar-refractivity contribution in [3.05, 3.63) is 0 Å².